The fourth-order valence-corrected chi connectivity index (χ4v) is 4.95. The van der Waals surface area contributed by atoms with Crippen LogP contribution in [0.5, 0.6) is 0 Å². The van der Waals surface area contributed by atoms with Crippen molar-refractivity contribution in [3.8, 4) is 0 Å². The summed E-state index contributed by atoms with van der Waals surface area (Å²) in [6, 6.07) is 5.39. The summed E-state index contributed by atoms with van der Waals surface area (Å²) < 4.78 is 0.271. The molecule has 1 aromatic carbocycles. The topological polar surface area (TPSA) is 77.9 Å². The quantitative estimate of drug-likeness (QED) is 0.573. The minimum atomic E-state index is -1.02. The summed E-state index contributed by atoms with van der Waals surface area (Å²) >= 11 is 12.6. The fourth-order valence-electron chi connectivity index (χ4n) is 3.35. The number of rotatable bonds is 4. The van der Waals surface area contributed by atoms with Gasteiger partial charge >= 0.3 is 5.97 Å². The Hall–Kier alpha value is -1.90. The van der Waals surface area contributed by atoms with Gasteiger partial charge in [0.1, 0.15) is 16.4 Å². The van der Waals surface area contributed by atoms with Crippen molar-refractivity contribution in [2.45, 2.75) is 38.3 Å². The lowest BCUT2D eigenvalue weighted by Gasteiger charge is -2.36. The number of likely N-dealkylation sites (tertiary alicyclic amines) is 1. The van der Waals surface area contributed by atoms with Crippen molar-refractivity contribution in [2.75, 3.05) is 6.54 Å². The first kappa shape index (κ1) is 20.8. The zero-order valence-electron chi connectivity index (χ0n) is 15.1. The summed E-state index contributed by atoms with van der Waals surface area (Å²) in [7, 11) is 0. The number of amides is 2. The standard InChI is InChI=1S/C19H19ClN2O4S2/c1-11(16(23)21-9-5-4-8-14(21)18(25)26)22-17(24)15(28-19(22)27)10-12-6-2-3-7-13(12)20/h2-3,6-7,10-11,14H,4-5,8-9H2,1H3,(H,25,26)/b15-10-/t11-,14-/m0/s1. The minimum Gasteiger partial charge on any atom is -0.480 e. The van der Waals surface area contributed by atoms with Gasteiger partial charge in [0.25, 0.3) is 5.91 Å². The second-order valence-electron chi connectivity index (χ2n) is 6.63. The molecular weight excluding hydrogens is 420 g/mol. The zero-order chi connectivity index (χ0) is 20.4. The fraction of sp³-hybridized carbons (Fsp3) is 0.368. The van der Waals surface area contributed by atoms with Gasteiger partial charge in [-0.25, -0.2) is 4.79 Å². The number of hydrogen-bond donors (Lipinski definition) is 1. The Kier molecular flexibility index (Phi) is 6.42. The molecule has 2 atom stereocenters. The van der Waals surface area contributed by atoms with E-state index >= 15 is 0 Å². The zero-order valence-corrected chi connectivity index (χ0v) is 17.5. The van der Waals surface area contributed by atoms with Gasteiger partial charge in [0.05, 0.1) is 4.91 Å². The SMILES string of the molecule is C[C@@H](C(=O)N1CCCC[C@H]1C(=O)O)N1C(=O)/C(=C/c2ccccc2Cl)SC1=S. The van der Waals surface area contributed by atoms with Crippen LogP contribution in [0.15, 0.2) is 29.2 Å². The van der Waals surface area contributed by atoms with Crippen LogP contribution in [0.3, 0.4) is 0 Å². The van der Waals surface area contributed by atoms with E-state index in [1.54, 1.807) is 31.2 Å². The molecule has 0 aliphatic carbocycles. The first-order valence-corrected chi connectivity index (χ1v) is 10.5. The average Bonchev–Trinajstić information content (AvgIpc) is 2.95. The summed E-state index contributed by atoms with van der Waals surface area (Å²) in [6.45, 7) is 1.95. The monoisotopic (exact) mass is 438 g/mol. The number of nitrogens with zero attached hydrogens (tertiary/aromatic N) is 2. The van der Waals surface area contributed by atoms with Crippen molar-refractivity contribution in [3.63, 3.8) is 0 Å². The van der Waals surface area contributed by atoms with Crippen LogP contribution in [0.2, 0.25) is 5.02 Å². The lowest BCUT2D eigenvalue weighted by atomic mass is 10.0. The Bertz CT molecular complexity index is 873. The number of halogens is 1. The summed E-state index contributed by atoms with van der Waals surface area (Å²) in [4.78, 5) is 40.4. The van der Waals surface area contributed by atoms with Crippen molar-refractivity contribution >= 4 is 63.8 Å². The molecule has 9 heteroatoms. The molecular formula is C19H19ClN2O4S2. The number of thioether (sulfide) groups is 1. The van der Waals surface area contributed by atoms with E-state index in [-0.39, 0.29) is 10.2 Å². The molecule has 6 nitrogen and oxygen atoms in total. The van der Waals surface area contributed by atoms with Gasteiger partial charge in [-0.1, -0.05) is 53.8 Å². The third-order valence-electron chi connectivity index (χ3n) is 4.83. The molecule has 0 saturated carbocycles. The molecule has 2 saturated heterocycles. The highest BCUT2D eigenvalue weighted by Crippen LogP contribution is 2.35. The number of hydrogen-bond acceptors (Lipinski definition) is 5. The van der Waals surface area contributed by atoms with Crippen molar-refractivity contribution in [1.82, 2.24) is 9.80 Å². The molecule has 2 amide bonds. The molecule has 2 aliphatic rings. The van der Waals surface area contributed by atoms with E-state index in [4.69, 9.17) is 23.8 Å². The Balaban J connectivity index is 1.82. The van der Waals surface area contributed by atoms with E-state index in [1.165, 1.54) is 9.80 Å². The molecule has 2 aliphatic heterocycles. The second-order valence-corrected chi connectivity index (χ2v) is 8.71. The average molecular weight is 439 g/mol. The van der Waals surface area contributed by atoms with E-state index in [0.717, 1.165) is 24.6 Å². The molecule has 3 rings (SSSR count). The Morgan fingerprint density at radius 1 is 1.36 bits per heavy atom. The Morgan fingerprint density at radius 3 is 2.75 bits per heavy atom. The Labute approximate surface area is 177 Å². The molecule has 28 heavy (non-hydrogen) atoms. The molecule has 0 spiro atoms. The number of carbonyl (C=O) groups is 3. The molecule has 0 unspecified atom stereocenters. The number of carboxylic acid groups (broad SMARTS) is 1. The summed E-state index contributed by atoms with van der Waals surface area (Å²) in [5, 5.41) is 9.92. The molecule has 0 bridgehead atoms. The third kappa shape index (κ3) is 4.09. The van der Waals surface area contributed by atoms with E-state index in [2.05, 4.69) is 0 Å². The van der Waals surface area contributed by atoms with Crippen molar-refractivity contribution in [2.24, 2.45) is 0 Å². The van der Waals surface area contributed by atoms with Crippen LogP contribution < -0.4 is 0 Å². The maximum absolute atomic E-state index is 13.0. The maximum atomic E-state index is 13.0. The number of aliphatic carboxylic acids is 1. The predicted octanol–water partition coefficient (Wildman–Crippen LogP) is 3.40. The molecule has 1 aromatic rings. The van der Waals surface area contributed by atoms with Gasteiger partial charge in [0.15, 0.2) is 0 Å². The lowest BCUT2D eigenvalue weighted by molar-refractivity contribution is -0.154. The smallest absolute Gasteiger partial charge is 0.326 e. The normalized spacial score (nSPS) is 22.6. The Morgan fingerprint density at radius 2 is 2.07 bits per heavy atom. The van der Waals surface area contributed by atoms with Crippen molar-refractivity contribution in [1.29, 1.82) is 0 Å². The van der Waals surface area contributed by atoms with Crippen LogP contribution >= 0.6 is 35.6 Å². The largest absolute Gasteiger partial charge is 0.480 e. The van der Waals surface area contributed by atoms with Gasteiger partial charge in [-0.2, -0.15) is 0 Å². The van der Waals surface area contributed by atoms with Crippen molar-refractivity contribution in [3.05, 3.63) is 39.8 Å². The second kappa shape index (κ2) is 8.63. The summed E-state index contributed by atoms with van der Waals surface area (Å²) in [5.74, 6) is -1.80. The molecule has 148 valence electrons. The molecule has 1 N–H and O–H groups in total. The van der Waals surface area contributed by atoms with Gasteiger partial charge < -0.3 is 10.0 Å². The highest BCUT2D eigenvalue weighted by Gasteiger charge is 2.42. The van der Waals surface area contributed by atoms with Gasteiger partial charge in [-0.15, -0.1) is 0 Å². The number of benzene rings is 1. The third-order valence-corrected chi connectivity index (χ3v) is 6.51. The van der Waals surface area contributed by atoms with Crippen LogP contribution in [0.25, 0.3) is 6.08 Å². The van der Waals surface area contributed by atoms with Crippen LogP contribution in [0.1, 0.15) is 31.7 Å². The molecule has 0 aromatic heterocycles. The number of carboxylic acids is 1. The highest BCUT2D eigenvalue weighted by molar-refractivity contribution is 8.26. The van der Waals surface area contributed by atoms with Gasteiger partial charge in [-0.05, 0) is 43.9 Å². The van der Waals surface area contributed by atoms with E-state index in [0.29, 0.717) is 28.5 Å². The predicted molar refractivity (Wildman–Crippen MR) is 113 cm³/mol. The van der Waals surface area contributed by atoms with E-state index in [1.807, 2.05) is 6.07 Å². The van der Waals surface area contributed by atoms with Crippen molar-refractivity contribution < 1.29 is 19.5 Å². The summed E-state index contributed by atoms with van der Waals surface area (Å²) in [6.07, 6.45) is 3.57. The first-order valence-electron chi connectivity index (χ1n) is 8.86. The lowest BCUT2D eigenvalue weighted by Crippen LogP contribution is -2.55. The number of carbonyl (C=O) groups excluding carboxylic acids is 2. The van der Waals surface area contributed by atoms with E-state index < -0.39 is 24.0 Å². The van der Waals surface area contributed by atoms with Gasteiger partial charge in [0, 0.05) is 11.6 Å². The number of piperidine rings is 1. The van der Waals surface area contributed by atoms with Crippen LogP contribution in [0, 0.1) is 0 Å². The van der Waals surface area contributed by atoms with Gasteiger partial charge in [0.2, 0.25) is 5.91 Å². The van der Waals surface area contributed by atoms with Crippen LogP contribution in [0.4, 0.5) is 0 Å². The molecule has 0 radical (unpaired) electrons. The van der Waals surface area contributed by atoms with Crippen LogP contribution in [-0.2, 0) is 14.4 Å². The minimum absolute atomic E-state index is 0.271. The maximum Gasteiger partial charge on any atom is 0.326 e. The molecule has 2 fully saturated rings. The van der Waals surface area contributed by atoms with Crippen LogP contribution in [-0.4, -0.2) is 55.6 Å². The number of thiocarbonyl (C=S) groups is 1. The van der Waals surface area contributed by atoms with Gasteiger partial charge in [-0.3, -0.25) is 14.5 Å². The molecule has 2 heterocycles. The van der Waals surface area contributed by atoms with E-state index in [9.17, 15) is 19.5 Å². The first-order chi connectivity index (χ1) is 13.3. The summed E-state index contributed by atoms with van der Waals surface area (Å²) in [5.41, 5.74) is 0.686. The highest BCUT2D eigenvalue weighted by atomic mass is 35.5.